The van der Waals surface area contributed by atoms with Crippen LogP contribution in [0.3, 0.4) is 0 Å². The van der Waals surface area contributed by atoms with Gasteiger partial charge in [0.2, 0.25) is 0 Å². The van der Waals surface area contributed by atoms with Gasteiger partial charge in [-0.3, -0.25) is 4.79 Å². The smallest absolute Gasteiger partial charge is 0.408 e. The van der Waals surface area contributed by atoms with E-state index in [0.29, 0.717) is 5.75 Å². The molecule has 0 saturated heterocycles. The Kier molecular flexibility index (Phi) is 6.76. The summed E-state index contributed by atoms with van der Waals surface area (Å²) in [6.07, 6.45) is -0.885. The van der Waals surface area contributed by atoms with Crippen LogP contribution in [0.5, 0.6) is 5.75 Å². The van der Waals surface area contributed by atoms with Crippen LogP contribution in [-0.4, -0.2) is 43.2 Å². The van der Waals surface area contributed by atoms with E-state index < -0.39 is 29.5 Å². The zero-order valence-electron chi connectivity index (χ0n) is 14.5. The summed E-state index contributed by atoms with van der Waals surface area (Å²) in [5, 5.41) is 2.27. The van der Waals surface area contributed by atoms with E-state index in [1.807, 2.05) is 0 Å². The summed E-state index contributed by atoms with van der Waals surface area (Å²) < 4.78 is 15.1. The Morgan fingerprint density at radius 2 is 1.79 bits per heavy atom. The molecule has 0 spiro atoms. The Labute approximate surface area is 141 Å². The topological polar surface area (TPSA) is 90.9 Å². The minimum Gasteiger partial charge on any atom is -0.496 e. The van der Waals surface area contributed by atoms with Crippen molar-refractivity contribution in [2.45, 2.75) is 39.3 Å². The molecule has 0 aliphatic rings. The standard InChI is InChI=1S/C17H23NO6/c1-6-23-15(20)13(18-16(21)24-17(2,3)4)14(19)11-9-7-8-10-12(11)22-5/h7-10,13H,6H2,1-5H3,(H,18,21). The summed E-state index contributed by atoms with van der Waals surface area (Å²) in [6, 6.07) is 4.89. The molecule has 0 radical (unpaired) electrons. The molecule has 0 saturated carbocycles. The van der Waals surface area contributed by atoms with Gasteiger partial charge in [-0.1, -0.05) is 12.1 Å². The molecule has 1 rings (SSSR count). The lowest BCUT2D eigenvalue weighted by Gasteiger charge is -2.22. The Bertz CT molecular complexity index is 605. The lowest BCUT2D eigenvalue weighted by molar-refractivity contribution is -0.144. The Balaban J connectivity index is 3.07. The molecule has 1 aromatic rings. The lowest BCUT2D eigenvalue weighted by atomic mass is 10.0. The molecule has 1 amide bonds. The van der Waals surface area contributed by atoms with Crippen molar-refractivity contribution < 1.29 is 28.6 Å². The van der Waals surface area contributed by atoms with E-state index in [1.165, 1.54) is 13.2 Å². The fourth-order valence-electron chi connectivity index (χ4n) is 1.89. The Morgan fingerprint density at radius 3 is 2.33 bits per heavy atom. The molecule has 1 unspecified atom stereocenters. The van der Waals surface area contributed by atoms with E-state index >= 15 is 0 Å². The van der Waals surface area contributed by atoms with Crippen LogP contribution in [0.2, 0.25) is 0 Å². The third-order valence-corrected chi connectivity index (χ3v) is 2.82. The van der Waals surface area contributed by atoms with Crippen molar-refractivity contribution in [3.05, 3.63) is 29.8 Å². The van der Waals surface area contributed by atoms with Crippen LogP contribution < -0.4 is 10.1 Å². The van der Waals surface area contributed by atoms with Crippen LogP contribution in [0, 0.1) is 0 Å². The van der Waals surface area contributed by atoms with Crippen molar-refractivity contribution in [1.29, 1.82) is 0 Å². The molecule has 0 fully saturated rings. The number of amides is 1. The second-order valence-corrected chi connectivity index (χ2v) is 5.90. The van der Waals surface area contributed by atoms with Crippen molar-refractivity contribution in [2.75, 3.05) is 13.7 Å². The highest BCUT2D eigenvalue weighted by atomic mass is 16.6. The number of benzene rings is 1. The highest BCUT2D eigenvalue weighted by molar-refractivity contribution is 6.14. The number of hydrogen-bond acceptors (Lipinski definition) is 6. The van der Waals surface area contributed by atoms with Gasteiger partial charge in [0, 0.05) is 0 Å². The van der Waals surface area contributed by atoms with Gasteiger partial charge in [0.25, 0.3) is 0 Å². The first-order valence-corrected chi connectivity index (χ1v) is 7.53. The Hall–Kier alpha value is -2.57. The molecule has 0 aliphatic carbocycles. The van der Waals surface area contributed by atoms with Crippen LogP contribution >= 0.6 is 0 Å². The summed E-state index contributed by atoms with van der Waals surface area (Å²) in [7, 11) is 1.41. The van der Waals surface area contributed by atoms with E-state index in [1.54, 1.807) is 45.9 Å². The van der Waals surface area contributed by atoms with Gasteiger partial charge in [-0.15, -0.1) is 0 Å². The summed E-state index contributed by atoms with van der Waals surface area (Å²) in [5.74, 6) is -1.21. The first kappa shape index (κ1) is 19.5. The van der Waals surface area contributed by atoms with Crippen LogP contribution in [0.15, 0.2) is 24.3 Å². The second-order valence-electron chi connectivity index (χ2n) is 5.90. The summed E-state index contributed by atoms with van der Waals surface area (Å²) >= 11 is 0. The lowest BCUT2D eigenvalue weighted by Crippen LogP contribution is -2.49. The third-order valence-electron chi connectivity index (χ3n) is 2.82. The number of Topliss-reactive ketones (excluding diaryl/α,β-unsaturated/α-hetero) is 1. The van der Waals surface area contributed by atoms with Gasteiger partial charge in [0.05, 0.1) is 19.3 Å². The predicted molar refractivity (Wildman–Crippen MR) is 87.1 cm³/mol. The van der Waals surface area contributed by atoms with Gasteiger partial charge < -0.3 is 19.5 Å². The fourth-order valence-corrected chi connectivity index (χ4v) is 1.89. The molecule has 0 heterocycles. The van der Waals surface area contributed by atoms with Gasteiger partial charge in [-0.05, 0) is 39.8 Å². The number of esters is 1. The molecular weight excluding hydrogens is 314 g/mol. The molecule has 7 heteroatoms. The van der Waals surface area contributed by atoms with Crippen LogP contribution in [0.4, 0.5) is 4.79 Å². The normalized spacial score (nSPS) is 12.0. The minimum atomic E-state index is -1.52. The summed E-state index contributed by atoms with van der Waals surface area (Å²) in [6.45, 7) is 6.70. The number of alkyl carbamates (subject to hydrolysis) is 1. The average Bonchev–Trinajstić information content (AvgIpc) is 2.50. The first-order valence-electron chi connectivity index (χ1n) is 7.53. The molecule has 0 bridgehead atoms. The first-order chi connectivity index (χ1) is 11.2. The number of nitrogens with one attached hydrogen (secondary N) is 1. The number of ketones is 1. The molecule has 24 heavy (non-hydrogen) atoms. The number of methoxy groups -OCH3 is 1. The zero-order chi connectivity index (χ0) is 18.3. The van der Waals surface area contributed by atoms with E-state index in [4.69, 9.17) is 14.2 Å². The van der Waals surface area contributed by atoms with Gasteiger partial charge >= 0.3 is 12.1 Å². The Morgan fingerprint density at radius 1 is 1.17 bits per heavy atom. The molecule has 7 nitrogen and oxygen atoms in total. The van der Waals surface area contributed by atoms with E-state index in [2.05, 4.69) is 5.32 Å². The molecule has 1 atom stereocenters. The number of carbonyl (C=O) groups excluding carboxylic acids is 3. The van der Waals surface area contributed by atoms with Gasteiger partial charge in [-0.2, -0.15) is 0 Å². The molecular formula is C17H23NO6. The number of hydrogen-bond donors (Lipinski definition) is 1. The highest BCUT2D eigenvalue weighted by Gasteiger charge is 2.33. The maximum atomic E-state index is 12.7. The highest BCUT2D eigenvalue weighted by Crippen LogP contribution is 2.20. The van der Waals surface area contributed by atoms with Gasteiger partial charge in [0.1, 0.15) is 11.4 Å². The average molecular weight is 337 g/mol. The molecule has 0 aromatic heterocycles. The fraction of sp³-hybridized carbons (Fsp3) is 0.471. The summed E-state index contributed by atoms with van der Waals surface area (Å²) in [4.78, 5) is 36.7. The van der Waals surface area contributed by atoms with E-state index in [9.17, 15) is 14.4 Å². The van der Waals surface area contributed by atoms with Crippen molar-refractivity contribution in [1.82, 2.24) is 5.32 Å². The quantitative estimate of drug-likeness (QED) is 0.487. The van der Waals surface area contributed by atoms with Crippen molar-refractivity contribution in [3.8, 4) is 5.75 Å². The molecule has 1 N–H and O–H groups in total. The second kappa shape index (κ2) is 8.33. The monoisotopic (exact) mass is 337 g/mol. The predicted octanol–water partition coefficient (Wildman–Crippen LogP) is 2.33. The van der Waals surface area contributed by atoms with Crippen LogP contribution in [-0.2, 0) is 14.3 Å². The van der Waals surface area contributed by atoms with Gasteiger partial charge in [-0.25, -0.2) is 9.59 Å². The zero-order valence-corrected chi connectivity index (χ0v) is 14.5. The van der Waals surface area contributed by atoms with Crippen LogP contribution in [0.1, 0.15) is 38.1 Å². The van der Waals surface area contributed by atoms with Crippen molar-refractivity contribution in [3.63, 3.8) is 0 Å². The van der Waals surface area contributed by atoms with E-state index in [0.717, 1.165) is 0 Å². The van der Waals surface area contributed by atoms with Crippen molar-refractivity contribution >= 4 is 17.8 Å². The molecule has 132 valence electrons. The SMILES string of the molecule is CCOC(=O)C(NC(=O)OC(C)(C)C)C(=O)c1ccccc1OC. The third kappa shape index (κ3) is 5.57. The van der Waals surface area contributed by atoms with Crippen molar-refractivity contribution in [2.24, 2.45) is 0 Å². The minimum absolute atomic E-state index is 0.0739. The number of rotatable bonds is 6. The number of ether oxygens (including phenoxy) is 3. The molecule has 0 aliphatic heterocycles. The number of para-hydroxylation sites is 1. The largest absolute Gasteiger partial charge is 0.496 e. The van der Waals surface area contributed by atoms with E-state index in [-0.39, 0.29) is 12.2 Å². The summed E-state index contributed by atoms with van der Waals surface area (Å²) in [5.41, 5.74) is -0.606. The van der Waals surface area contributed by atoms with Gasteiger partial charge in [0.15, 0.2) is 11.8 Å². The maximum Gasteiger partial charge on any atom is 0.408 e. The van der Waals surface area contributed by atoms with Crippen LogP contribution in [0.25, 0.3) is 0 Å². The number of carbonyl (C=O) groups is 3. The molecule has 1 aromatic carbocycles. The maximum absolute atomic E-state index is 12.7.